The van der Waals surface area contributed by atoms with Gasteiger partial charge < -0.3 is 20.1 Å². The third-order valence-corrected chi connectivity index (χ3v) is 3.53. The molecule has 1 aliphatic heterocycles. The summed E-state index contributed by atoms with van der Waals surface area (Å²) in [6.07, 6.45) is 1.97. The van der Waals surface area contributed by atoms with Gasteiger partial charge in [0, 0.05) is 24.4 Å². The molecule has 1 amide bonds. The van der Waals surface area contributed by atoms with Gasteiger partial charge in [-0.25, -0.2) is 9.97 Å². The molecular formula is C17H20N4O3. The fourth-order valence-corrected chi connectivity index (χ4v) is 2.34. The summed E-state index contributed by atoms with van der Waals surface area (Å²) in [7, 11) is 0. The number of ether oxygens (including phenoxy) is 2. The fourth-order valence-electron chi connectivity index (χ4n) is 2.34. The number of benzene rings is 1. The molecule has 1 aromatic heterocycles. The number of aryl methyl sites for hydroxylation is 1. The number of aromatic nitrogens is 2. The number of anilines is 2. The summed E-state index contributed by atoms with van der Waals surface area (Å²) in [6.45, 7) is 4.71. The van der Waals surface area contributed by atoms with Crippen LogP contribution in [0.25, 0.3) is 0 Å². The number of carbonyl (C=O) groups excluding carboxylic acids is 1. The lowest BCUT2D eigenvalue weighted by Crippen LogP contribution is -2.25. The number of nitrogens with one attached hydrogen (secondary N) is 2. The molecule has 2 heterocycles. The van der Waals surface area contributed by atoms with Crippen molar-refractivity contribution in [1.82, 2.24) is 15.3 Å². The van der Waals surface area contributed by atoms with Crippen LogP contribution in [0.3, 0.4) is 0 Å². The van der Waals surface area contributed by atoms with Crippen LogP contribution >= 0.6 is 0 Å². The number of nitrogens with zero attached hydrogens (tertiary/aromatic N) is 2. The predicted octanol–water partition coefficient (Wildman–Crippen LogP) is 2.79. The summed E-state index contributed by atoms with van der Waals surface area (Å²) >= 11 is 0. The lowest BCUT2D eigenvalue weighted by atomic mass is 10.2. The van der Waals surface area contributed by atoms with Crippen LogP contribution in [0.1, 0.15) is 36.1 Å². The van der Waals surface area contributed by atoms with Gasteiger partial charge in [-0.1, -0.05) is 13.3 Å². The molecule has 1 aromatic carbocycles. The summed E-state index contributed by atoms with van der Waals surface area (Å²) in [4.78, 5) is 20.7. The lowest BCUT2D eigenvalue weighted by molar-refractivity contribution is 0.0948. The van der Waals surface area contributed by atoms with Crippen molar-refractivity contribution in [3.05, 3.63) is 35.8 Å². The van der Waals surface area contributed by atoms with E-state index in [-0.39, 0.29) is 12.7 Å². The molecule has 1 aliphatic rings. The fraction of sp³-hybridized carbons (Fsp3) is 0.353. The summed E-state index contributed by atoms with van der Waals surface area (Å²) in [5.74, 6) is 2.30. The van der Waals surface area contributed by atoms with Gasteiger partial charge in [0.05, 0.1) is 0 Å². The number of amides is 1. The van der Waals surface area contributed by atoms with Gasteiger partial charge in [0.15, 0.2) is 11.5 Å². The van der Waals surface area contributed by atoms with Crippen LogP contribution in [0.15, 0.2) is 24.3 Å². The first-order valence-electron chi connectivity index (χ1n) is 7.96. The van der Waals surface area contributed by atoms with E-state index in [9.17, 15) is 4.79 Å². The van der Waals surface area contributed by atoms with Gasteiger partial charge >= 0.3 is 0 Å². The number of fused-ring (bicyclic) bond motifs is 1. The predicted molar refractivity (Wildman–Crippen MR) is 89.9 cm³/mol. The quantitative estimate of drug-likeness (QED) is 0.793. The molecule has 7 heteroatoms. The second-order valence-corrected chi connectivity index (χ2v) is 5.49. The highest BCUT2D eigenvalue weighted by atomic mass is 16.7. The smallest absolute Gasteiger partial charge is 0.270 e. The van der Waals surface area contributed by atoms with Crippen molar-refractivity contribution in [2.45, 2.75) is 26.7 Å². The molecule has 0 unspecified atom stereocenters. The van der Waals surface area contributed by atoms with Gasteiger partial charge in [0.1, 0.15) is 17.3 Å². The van der Waals surface area contributed by atoms with Crippen LogP contribution in [0.2, 0.25) is 0 Å². The minimum atomic E-state index is -0.192. The largest absolute Gasteiger partial charge is 0.454 e. The van der Waals surface area contributed by atoms with Crippen molar-refractivity contribution in [3.8, 4) is 11.5 Å². The second kappa shape index (κ2) is 7.16. The Morgan fingerprint density at radius 2 is 2.04 bits per heavy atom. The Balaban J connectivity index is 1.75. The van der Waals surface area contributed by atoms with E-state index in [0.717, 1.165) is 24.3 Å². The lowest BCUT2D eigenvalue weighted by Gasteiger charge is -2.09. The molecule has 0 aliphatic carbocycles. The average Bonchev–Trinajstić information content (AvgIpc) is 3.02. The molecule has 126 valence electrons. The summed E-state index contributed by atoms with van der Waals surface area (Å²) in [6, 6.07) is 7.17. The highest BCUT2D eigenvalue weighted by molar-refractivity contribution is 5.93. The maximum Gasteiger partial charge on any atom is 0.270 e. The second-order valence-electron chi connectivity index (χ2n) is 5.49. The van der Waals surface area contributed by atoms with Crippen molar-refractivity contribution in [2.75, 3.05) is 18.7 Å². The Morgan fingerprint density at radius 3 is 2.88 bits per heavy atom. The first-order valence-corrected chi connectivity index (χ1v) is 7.96. The molecule has 2 aromatic rings. The van der Waals surface area contributed by atoms with Gasteiger partial charge in [-0.15, -0.1) is 0 Å². The van der Waals surface area contributed by atoms with E-state index in [1.165, 1.54) is 0 Å². The van der Waals surface area contributed by atoms with Gasteiger partial charge in [-0.3, -0.25) is 4.79 Å². The first-order chi connectivity index (χ1) is 11.7. The van der Waals surface area contributed by atoms with E-state index < -0.39 is 0 Å². The molecule has 3 rings (SSSR count). The van der Waals surface area contributed by atoms with Crippen LogP contribution in [0.4, 0.5) is 11.5 Å². The standard InChI is InChI=1S/C17H20N4O3/c1-3-4-7-18-17(22)13-9-16(20-11(2)19-13)21-12-5-6-14-15(8-12)24-10-23-14/h5-6,8-9H,3-4,7,10H2,1-2H3,(H,18,22)(H,19,20,21). The molecule has 24 heavy (non-hydrogen) atoms. The van der Waals surface area contributed by atoms with E-state index in [2.05, 4.69) is 27.5 Å². The molecule has 0 radical (unpaired) electrons. The topological polar surface area (TPSA) is 85.4 Å². The third kappa shape index (κ3) is 3.73. The van der Waals surface area contributed by atoms with Crippen molar-refractivity contribution >= 4 is 17.4 Å². The van der Waals surface area contributed by atoms with Crippen LogP contribution in [-0.4, -0.2) is 29.2 Å². The third-order valence-electron chi connectivity index (χ3n) is 3.53. The number of hydrogen-bond donors (Lipinski definition) is 2. The molecule has 0 bridgehead atoms. The molecule has 0 spiro atoms. The molecule has 2 N–H and O–H groups in total. The molecular weight excluding hydrogens is 308 g/mol. The zero-order chi connectivity index (χ0) is 16.9. The van der Waals surface area contributed by atoms with Gasteiger partial charge in [-0.05, 0) is 25.5 Å². The normalized spacial score (nSPS) is 12.1. The van der Waals surface area contributed by atoms with Crippen molar-refractivity contribution in [1.29, 1.82) is 0 Å². The number of rotatable bonds is 6. The number of unbranched alkanes of at least 4 members (excludes halogenated alkanes) is 1. The van der Waals surface area contributed by atoms with E-state index in [1.54, 1.807) is 13.0 Å². The summed E-state index contributed by atoms with van der Waals surface area (Å²) in [5.41, 5.74) is 1.15. The maximum atomic E-state index is 12.2. The Kier molecular flexibility index (Phi) is 4.79. The molecule has 0 fully saturated rings. The Morgan fingerprint density at radius 1 is 1.21 bits per heavy atom. The minimum Gasteiger partial charge on any atom is -0.454 e. The number of carbonyl (C=O) groups is 1. The van der Waals surface area contributed by atoms with Crippen LogP contribution in [-0.2, 0) is 0 Å². The van der Waals surface area contributed by atoms with Crippen molar-refractivity contribution < 1.29 is 14.3 Å². The van der Waals surface area contributed by atoms with Gasteiger partial charge in [0.2, 0.25) is 6.79 Å². The van der Waals surface area contributed by atoms with E-state index in [0.29, 0.717) is 29.6 Å². The zero-order valence-electron chi connectivity index (χ0n) is 13.8. The molecule has 0 saturated carbocycles. The Bertz CT molecular complexity index is 749. The Hall–Kier alpha value is -2.83. The van der Waals surface area contributed by atoms with Crippen LogP contribution in [0.5, 0.6) is 11.5 Å². The van der Waals surface area contributed by atoms with E-state index in [1.807, 2.05) is 18.2 Å². The van der Waals surface area contributed by atoms with Gasteiger partial charge in [0.25, 0.3) is 5.91 Å². The summed E-state index contributed by atoms with van der Waals surface area (Å²) in [5, 5.41) is 6.03. The van der Waals surface area contributed by atoms with Crippen LogP contribution in [0, 0.1) is 6.92 Å². The van der Waals surface area contributed by atoms with Gasteiger partial charge in [-0.2, -0.15) is 0 Å². The minimum absolute atomic E-state index is 0.192. The summed E-state index contributed by atoms with van der Waals surface area (Å²) < 4.78 is 10.6. The SMILES string of the molecule is CCCCNC(=O)c1cc(Nc2ccc3c(c2)OCO3)nc(C)n1. The van der Waals surface area contributed by atoms with E-state index >= 15 is 0 Å². The van der Waals surface area contributed by atoms with Crippen molar-refractivity contribution in [2.24, 2.45) is 0 Å². The maximum absolute atomic E-state index is 12.2. The average molecular weight is 328 g/mol. The Labute approximate surface area is 140 Å². The highest BCUT2D eigenvalue weighted by Gasteiger charge is 2.14. The molecule has 0 saturated heterocycles. The molecule has 0 atom stereocenters. The number of hydrogen-bond acceptors (Lipinski definition) is 6. The highest BCUT2D eigenvalue weighted by Crippen LogP contribution is 2.34. The monoisotopic (exact) mass is 328 g/mol. The van der Waals surface area contributed by atoms with Crippen molar-refractivity contribution in [3.63, 3.8) is 0 Å². The van der Waals surface area contributed by atoms with Crippen LogP contribution < -0.4 is 20.1 Å². The first kappa shape index (κ1) is 16.0. The van der Waals surface area contributed by atoms with E-state index in [4.69, 9.17) is 9.47 Å². The zero-order valence-corrected chi connectivity index (χ0v) is 13.8. The molecule has 7 nitrogen and oxygen atoms in total.